The first-order valence-electron chi connectivity index (χ1n) is 7.57. The van der Waals surface area contributed by atoms with Crippen molar-refractivity contribution in [2.24, 2.45) is 0 Å². The second-order valence-corrected chi connectivity index (χ2v) is 8.83. The highest BCUT2D eigenvalue weighted by atomic mass is 35.5. The third-order valence-electron chi connectivity index (χ3n) is 4.28. The predicted molar refractivity (Wildman–Crippen MR) is 93.7 cm³/mol. The molecule has 0 aliphatic heterocycles. The van der Waals surface area contributed by atoms with Crippen LogP contribution in [-0.2, 0) is 22.7 Å². The summed E-state index contributed by atoms with van der Waals surface area (Å²) in [7, 11) is -3.94. The van der Waals surface area contributed by atoms with Gasteiger partial charge in [0.05, 0.1) is 9.92 Å². The van der Waals surface area contributed by atoms with Crippen molar-refractivity contribution in [2.75, 3.05) is 6.26 Å². The van der Waals surface area contributed by atoms with Crippen LogP contribution in [-0.4, -0.2) is 29.3 Å². The molecule has 0 N–H and O–H groups in total. The van der Waals surface area contributed by atoms with E-state index < -0.39 is 15.7 Å². The summed E-state index contributed by atoms with van der Waals surface area (Å²) in [6, 6.07) is 3.37. The van der Waals surface area contributed by atoms with E-state index in [1.54, 1.807) is 17.0 Å². The fourth-order valence-corrected chi connectivity index (χ4v) is 5.75. The van der Waals surface area contributed by atoms with Gasteiger partial charge in [-0.2, -0.15) is 5.10 Å². The molecule has 3 aromatic rings. The summed E-state index contributed by atoms with van der Waals surface area (Å²) in [4.78, 5) is 4.32. The second-order valence-electron chi connectivity index (χ2n) is 5.74. The lowest BCUT2D eigenvalue weighted by atomic mass is 10.3. The Hall–Kier alpha value is -1.64. The van der Waals surface area contributed by atoms with Crippen LogP contribution >= 0.6 is 23.4 Å². The Balaban J connectivity index is 2.01. The van der Waals surface area contributed by atoms with E-state index in [9.17, 15) is 12.8 Å². The summed E-state index contributed by atoms with van der Waals surface area (Å²) < 4.78 is 41.4. The number of nitrogens with zero attached hydrogens (tertiary/aromatic N) is 3. The lowest BCUT2D eigenvalue weighted by Gasteiger charge is -2.06. The summed E-state index contributed by atoms with van der Waals surface area (Å²) in [5.74, 6) is -0.665. The van der Waals surface area contributed by atoms with E-state index in [1.165, 1.54) is 17.8 Å². The minimum Gasteiger partial charge on any atom is -0.236 e. The van der Waals surface area contributed by atoms with Crippen molar-refractivity contribution in [2.45, 2.75) is 34.1 Å². The summed E-state index contributed by atoms with van der Waals surface area (Å²) >= 11 is 7.01. The van der Waals surface area contributed by atoms with Crippen LogP contribution in [0.4, 0.5) is 4.39 Å². The van der Waals surface area contributed by atoms with Crippen LogP contribution in [0.1, 0.15) is 17.7 Å². The van der Waals surface area contributed by atoms with Gasteiger partial charge in [-0.05, 0) is 49.3 Å². The van der Waals surface area contributed by atoms with Crippen LogP contribution in [0.2, 0.25) is 5.02 Å². The highest BCUT2D eigenvalue weighted by Crippen LogP contribution is 2.35. The van der Waals surface area contributed by atoms with E-state index in [0.717, 1.165) is 42.7 Å². The number of sulfone groups is 1. The summed E-state index contributed by atoms with van der Waals surface area (Å²) in [5.41, 5.74) is 2.39. The molecular weight excluding hydrogens is 385 g/mol. The average Bonchev–Trinajstić information content (AvgIpc) is 3.20. The first kappa shape index (κ1) is 16.8. The van der Waals surface area contributed by atoms with Crippen molar-refractivity contribution in [3.63, 3.8) is 0 Å². The number of benzene rings is 1. The monoisotopic (exact) mass is 397 g/mol. The maximum absolute atomic E-state index is 13.4. The molecule has 4 rings (SSSR count). The lowest BCUT2D eigenvalue weighted by Crippen LogP contribution is -2.05. The van der Waals surface area contributed by atoms with E-state index in [1.807, 2.05) is 0 Å². The number of hydrogen-bond donors (Lipinski definition) is 0. The Kier molecular flexibility index (Phi) is 4.01. The number of thioether (sulfide) groups is 1. The van der Waals surface area contributed by atoms with Crippen molar-refractivity contribution in [1.29, 1.82) is 0 Å². The molecule has 0 unspecified atom stereocenters. The third kappa shape index (κ3) is 2.54. The van der Waals surface area contributed by atoms with Crippen molar-refractivity contribution >= 4 is 38.8 Å². The maximum atomic E-state index is 13.4. The number of rotatable bonds is 3. The van der Waals surface area contributed by atoms with Gasteiger partial charge in [-0.3, -0.25) is 0 Å². The summed E-state index contributed by atoms with van der Waals surface area (Å²) in [6.07, 6.45) is 6.24. The standard InChI is InChI=1S/C16H13ClFN3O2S2/c1-24-16-14(25(22,23)10-5-6-12(18)11(17)7-10)15-19-8-9-3-2-4-13(9)21(15)20-16/h5-8H,2-4H2,1H3. The molecule has 0 bridgehead atoms. The smallest absolute Gasteiger partial charge is 0.213 e. The van der Waals surface area contributed by atoms with Crippen LogP contribution in [0.15, 0.2) is 39.2 Å². The molecule has 130 valence electrons. The normalized spacial score (nSPS) is 14.2. The van der Waals surface area contributed by atoms with Gasteiger partial charge in [-0.1, -0.05) is 11.6 Å². The molecule has 25 heavy (non-hydrogen) atoms. The second kappa shape index (κ2) is 5.96. The van der Waals surface area contributed by atoms with E-state index in [2.05, 4.69) is 10.1 Å². The molecular formula is C16H13ClFN3O2S2. The zero-order valence-corrected chi connectivity index (χ0v) is 15.6. The van der Waals surface area contributed by atoms with E-state index in [4.69, 9.17) is 11.6 Å². The van der Waals surface area contributed by atoms with Crippen molar-refractivity contribution in [3.8, 4) is 0 Å². The Morgan fingerprint density at radius 1 is 1.32 bits per heavy atom. The number of aromatic nitrogens is 3. The molecule has 2 aromatic heterocycles. The molecule has 0 spiro atoms. The molecule has 0 fully saturated rings. The van der Waals surface area contributed by atoms with Gasteiger partial charge < -0.3 is 0 Å². The first-order chi connectivity index (χ1) is 11.9. The quantitative estimate of drug-likeness (QED) is 0.499. The Bertz CT molecular complexity index is 1110. The topological polar surface area (TPSA) is 64.3 Å². The van der Waals surface area contributed by atoms with Crippen molar-refractivity contribution in [3.05, 3.63) is 46.5 Å². The molecule has 0 saturated carbocycles. The highest BCUT2D eigenvalue weighted by Gasteiger charge is 2.30. The minimum absolute atomic E-state index is 0.0392. The molecule has 2 heterocycles. The van der Waals surface area contributed by atoms with Crippen LogP contribution in [0.5, 0.6) is 0 Å². The fourth-order valence-electron chi connectivity index (χ4n) is 3.08. The summed E-state index contributed by atoms with van der Waals surface area (Å²) in [6.45, 7) is 0. The van der Waals surface area contributed by atoms with Crippen LogP contribution in [0.3, 0.4) is 0 Å². The fraction of sp³-hybridized carbons (Fsp3) is 0.250. The molecule has 1 aliphatic rings. The van der Waals surface area contributed by atoms with Crippen LogP contribution in [0.25, 0.3) is 5.65 Å². The van der Waals surface area contributed by atoms with Gasteiger partial charge in [0.25, 0.3) is 0 Å². The predicted octanol–water partition coefficient (Wildman–Crippen LogP) is 3.57. The first-order valence-corrected chi connectivity index (χ1v) is 10.7. The van der Waals surface area contributed by atoms with Gasteiger partial charge in [-0.25, -0.2) is 22.3 Å². The van der Waals surface area contributed by atoms with E-state index in [-0.39, 0.29) is 14.8 Å². The Morgan fingerprint density at radius 3 is 2.84 bits per heavy atom. The molecule has 0 atom stereocenters. The molecule has 9 heteroatoms. The molecule has 0 saturated heterocycles. The van der Waals surface area contributed by atoms with Gasteiger partial charge in [-0.15, -0.1) is 11.8 Å². The Labute approximate surface area is 153 Å². The number of aryl methyl sites for hydroxylation is 2. The third-order valence-corrected chi connectivity index (χ3v) is 7.16. The summed E-state index contributed by atoms with van der Waals surface area (Å²) in [5, 5.41) is 4.60. The number of fused-ring (bicyclic) bond motifs is 3. The number of hydrogen-bond acceptors (Lipinski definition) is 5. The minimum atomic E-state index is -3.94. The van der Waals surface area contributed by atoms with E-state index >= 15 is 0 Å². The molecule has 1 aromatic carbocycles. The molecule has 0 amide bonds. The largest absolute Gasteiger partial charge is 0.236 e. The Morgan fingerprint density at radius 2 is 2.12 bits per heavy atom. The zero-order chi connectivity index (χ0) is 17.8. The SMILES string of the molecule is CSc1nn2c3c(cnc2c1S(=O)(=O)c1ccc(F)c(Cl)c1)CCC3. The lowest BCUT2D eigenvalue weighted by molar-refractivity contribution is 0.593. The maximum Gasteiger partial charge on any atom is 0.213 e. The van der Waals surface area contributed by atoms with Crippen molar-refractivity contribution in [1.82, 2.24) is 14.6 Å². The van der Waals surface area contributed by atoms with Gasteiger partial charge in [0.1, 0.15) is 10.8 Å². The molecule has 0 radical (unpaired) electrons. The van der Waals surface area contributed by atoms with Crippen molar-refractivity contribution < 1.29 is 12.8 Å². The van der Waals surface area contributed by atoms with Gasteiger partial charge in [0.15, 0.2) is 10.5 Å². The van der Waals surface area contributed by atoms with Crippen LogP contribution < -0.4 is 0 Å². The zero-order valence-electron chi connectivity index (χ0n) is 13.2. The molecule has 1 aliphatic carbocycles. The highest BCUT2D eigenvalue weighted by molar-refractivity contribution is 7.99. The molecule has 5 nitrogen and oxygen atoms in total. The number of halogens is 2. The van der Waals surface area contributed by atoms with E-state index in [0.29, 0.717) is 10.7 Å². The van der Waals surface area contributed by atoms with Crippen LogP contribution in [0, 0.1) is 5.82 Å². The van der Waals surface area contributed by atoms with Gasteiger partial charge in [0, 0.05) is 11.9 Å². The average molecular weight is 398 g/mol. The van der Waals surface area contributed by atoms with Gasteiger partial charge >= 0.3 is 0 Å². The van der Waals surface area contributed by atoms with Gasteiger partial charge in [0.2, 0.25) is 9.84 Å².